The van der Waals surface area contributed by atoms with Gasteiger partial charge >= 0.3 is 0 Å². The molecule has 3 N–H and O–H groups in total. The standard InChI is InChI=1S/C26H24N2O4/c1-26(2,3)18-10-8-16(9-11-18)24(30)28-20-13-12-19(15-21(20)29)27-25(31)23-14-17-6-4-5-7-22(17)32-23/h4-15,29H,1-3H3,(H,27,31)(H,28,30). The SMILES string of the molecule is CC(C)(C)c1ccc(C(=O)Nc2ccc(NC(=O)c3cc4ccccc4o3)cc2O)cc1. The number of rotatable bonds is 4. The number of furan rings is 1. The molecule has 0 fully saturated rings. The van der Waals surface area contributed by atoms with Gasteiger partial charge in [-0.3, -0.25) is 9.59 Å². The molecule has 0 bridgehead atoms. The van der Waals surface area contributed by atoms with E-state index < -0.39 is 5.91 Å². The summed E-state index contributed by atoms with van der Waals surface area (Å²) in [6.45, 7) is 6.32. The van der Waals surface area contributed by atoms with Crippen LogP contribution in [0.1, 0.15) is 47.2 Å². The van der Waals surface area contributed by atoms with Gasteiger partial charge in [0.05, 0.1) is 5.69 Å². The van der Waals surface area contributed by atoms with Crippen molar-refractivity contribution >= 4 is 34.2 Å². The van der Waals surface area contributed by atoms with Crippen molar-refractivity contribution in [2.45, 2.75) is 26.2 Å². The number of hydrogen-bond acceptors (Lipinski definition) is 4. The van der Waals surface area contributed by atoms with E-state index in [-0.39, 0.29) is 28.5 Å². The van der Waals surface area contributed by atoms with Crippen molar-refractivity contribution in [2.75, 3.05) is 10.6 Å². The quantitative estimate of drug-likeness (QED) is 0.351. The van der Waals surface area contributed by atoms with Gasteiger partial charge in [-0.25, -0.2) is 0 Å². The number of nitrogens with one attached hydrogen (secondary N) is 2. The maximum atomic E-state index is 12.6. The highest BCUT2D eigenvalue weighted by molar-refractivity contribution is 6.06. The Labute approximate surface area is 185 Å². The fourth-order valence-corrected chi connectivity index (χ4v) is 3.32. The van der Waals surface area contributed by atoms with E-state index in [4.69, 9.17) is 4.42 Å². The number of aromatic hydroxyl groups is 1. The van der Waals surface area contributed by atoms with E-state index >= 15 is 0 Å². The minimum Gasteiger partial charge on any atom is -0.506 e. The topological polar surface area (TPSA) is 91.6 Å². The third kappa shape index (κ3) is 4.49. The van der Waals surface area contributed by atoms with Crippen molar-refractivity contribution in [2.24, 2.45) is 0 Å². The van der Waals surface area contributed by atoms with Gasteiger partial charge in [-0.05, 0) is 47.4 Å². The lowest BCUT2D eigenvalue weighted by Crippen LogP contribution is -2.14. The first-order chi connectivity index (χ1) is 15.2. The summed E-state index contributed by atoms with van der Waals surface area (Å²) >= 11 is 0. The van der Waals surface area contributed by atoms with E-state index in [1.54, 1.807) is 30.3 Å². The molecule has 0 radical (unpaired) electrons. The predicted octanol–water partition coefficient (Wildman–Crippen LogP) is 5.94. The van der Waals surface area contributed by atoms with Gasteiger partial charge in [-0.2, -0.15) is 0 Å². The highest BCUT2D eigenvalue weighted by atomic mass is 16.3. The van der Waals surface area contributed by atoms with Crippen molar-refractivity contribution < 1.29 is 19.1 Å². The minimum absolute atomic E-state index is 0.00406. The van der Waals surface area contributed by atoms with Crippen LogP contribution in [-0.2, 0) is 5.41 Å². The Morgan fingerprint density at radius 2 is 1.56 bits per heavy atom. The van der Waals surface area contributed by atoms with Crippen LogP contribution < -0.4 is 10.6 Å². The molecule has 4 rings (SSSR count). The minimum atomic E-state index is -0.434. The molecule has 2 amide bonds. The number of amides is 2. The second-order valence-electron chi connectivity index (χ2n) is 8.62. The van der Waals surface area contributed by atoms with E-state index in [0.717, 1.165) is 10.9 Å². The molecular weight excluding hydrogens is 404 g/mol. The highest BCUT2D eigenvalue weighted by Gasteiger charge is 2.16. The molecule has 32 heavy (non-hydrogen) atoms. The molecule has 0 aliphatic heterocycles. The number of benzene rings is 3. The Morgan fingerprint density at radius 1 is 0.844 bits per heavy atom. The zero-order valence-corrected chi connectivity index (χ0v) is 18.1. The zero-order chi connectivity index (χ0) is 22.9. The first-order valence-electron chi connectivity index (χ1n) is 10.3. The lowest BCUT2D eigenvalue weighted by Gasteiger charge is -2.19. The molecule has 0 aliphatic rings. The van der Waals surface area contributed by atoms with Crippen molar-refractivity contribution in [3.8, 4) is 5.75 Å². The molecule has 162 valence electrons. The van der Waals surface area contributed by atoms with Crippen LogP contribution in [0.4, 0.5) is 11.4 Å². The number of phenols is 1. The first-order valence-corrected chi connectivity index (χ1v) is 10.3. The van der Waals surface area contributed by atoms with E-state index in [9.17, 15) is 14.7 Å². The number of fused-ring (bicyclic) bond motifs is 1. The van der Waals surface area contributed by atoms with E-state index in [1.807, 2.05) is 30.3 Å². The molecule has 0 spiro atoms. The third-order valence-corrected chi connectivity index (χ3v) is 5.17. The smallest absolute Gasteiger partial charge is 0.291 e. The summed E-state index contributed by atoms with van der Waals surface area (Å²) < 4.78 is 5.56. The van der Waals surface area contributed by atoms with Gasteiger partial charge in [0.25, 0.3) is 11.8 Å². The van der Waals surface area contributed by atoms with E-state index in [1.165, 1.54) is 12.1 Å². The Morgan fingerprint density at radius 3 is 2.22 bits per heavy atom. The summed E-state index contributed by atoms with van der Waals surface area (Å²) in [4.78, 5) is 25.0. The van der Waals surface area contributed by atoms with Gasteiger partial charge in [-0.1, -0.05) is 51.1 Å². The van der Waals surface area contributed by atoms with Crippen molar-refractivity contribution in [1.29, 1.82) is 0 Å². The summed E-state index contributed by atoms with van der Waals surface area (Å²) in [5.41, 5.74) is 2.85. The van der Waals surface area contributed by atoms with Crippen LogP contribution >= 0.6 is 0 Å². The van der Waals surface area contributed by atoms with Crippen LogP contribution in [0.2, 0.25) is 0 Å². The monoisotopic (exact) mass is 428 g/mol. The van der Waals surface area contributed by atoms with E-state index in [2.05, 4.69) is 31.4 Å². The molecule has 3 aromatic carbocycles. The lowest BCUT2D eigenvalue weighted by atomic mass is 9.87. The maximum Gasteiger partial charge on any atom is 0.291 e. The molecule has 0 atom stereocenters. The average molecular weight is 428 g/mol. The Hall–Kier alpha value is -4.06. The molecule has 0 aliphatic carbocycles. The Kier molecular flexibility index (Phi) is 5.45. The third-order valence-electron chi connectivity index (χ3n) is 5.17. The lowest BCUT2D eigenvalue weighted by molar-refractivity contribution is 0.0996. The van der Waals surface area contributed by atoms with Crippen LogP contribution in [0, 0.1) is 0 Å². The summed E-state index contributed by atoms with van der Waals surface area (Å²) in [6.07, 6.45) is 0. The molecule has 1 heterocycles. The van der Waals surface area contributed by atoms with Crippen molar-refractivity contribution in [3.05, 3.63) is 89.7 Å². The Bertz CT molecular complexity index is 1260. The number of phenolic OH excluding ortho intramolecular Hbond substituents is 1. The number of hydrogen-bond donors (Lipinski definition) is 3. The number of carbonyl (C=O) groups excluding carboxylic acids is 2. The number of para-hydroxylation sites is 1. The van der Waals surface area contributed by atoms with Crippen molar-refractivity contribution in [3.63, 3.8) is 0 Å². The maximum absolute atomic E-state index is 12.6. The second kappa shape index (κ2) is 8.23. The van der Waals surface area contributed by atoms with Crippen molar-refractivity contribution in [1.82, 2.24) is 0 Å². The zero-order valence-electron chi connectivity index (χ0n) is 18.1. The van der Waals surface area contributed by atoms with Crippen LogP contribution in [-0.4, -0.2) is 16.9 Å². The van der Waals surface area contributed by atoms with Crippen LogP contribution in [0.25, 0.3) is 11.0 Å². The molecule has 0 unspecified atom stereocenters. The number of anilines is 2. The number of carbonyl (C=O) groups is 2. The van der Waals surface area contributed by atoms with Gasteiger partial charge in [0.15, 0.2) is 5.76 Å². The van der Waals surface area contributed by atoms with Gasteiger partial charge in [-0.15, -0.1) is 0 Å². The van der Waals surface area contributed by atoms with Crippen LogP contribution in [0.3, 0.4) is 0 Å². The fourth-order valence-electron chi connectivity index (χ4n) is 3.32. The Balaban J connectivity index is 1.44. The summed E-state index contributed by atoms with van der Waals surface area (Å²) in [7, 11) is 0. The second-order valence-corrected chi connectivity index (χ2v) is 8.62. The summed E-state index contributed by atoms with van der Waals surface area (Å²) in [6, 6.07) is 20.9. The summed E-state index contributed by atoms with van der Waals surface area (Å²) in [5, 5.41) is 16.6. The predicted molar refractivity (Wildman–Crippen MR) is 125 cm³/mol. The van der Waals surface area contributed by atoms with Gasteiger partial charge in [0.2, 0.25) is 0 Å². The van der Waals surface area contributed by atoms with Gasteiger partial charge in [0.1, 0.15) is 11.3 Å². The average Bonchev–Trinajstić information content (AvgIpc) is 3.19. The molecule has 6 nitrogen and oxygen atoms in total. The van der Waals surface area contributed by atoms with Gasteiger partial charge in [0, 0.05) is 22.7 Å². The summed E-state index contributed by atoms with van der Waals surface area (Å²) in [5.74, 6) is -0.759. The molecule has 1 aromatic heterocycles. The molecule has 0 saturated carbocycles. The molecule has 0 saturated heterocycles. The normalized spacial score (nSPS) is 11.3. The fraction of sp³-hybridized carbons (Fsp3) is 0.154. The highest BCUT2D eigenvalue weighted by Crippen LogP contribution is 2.28. The molecule has 6 heteroatoms. The first kappa shape index (κ1) is 21.2. The van der Waals surface area contributed by atoms with E-state index in [0.29, 0.717) is 16.8 Å². The van der Waals surface area contributed by atoms with Crippen LogP contribution in [0.15, 0.2) is 77.2 Å². The molecular formula is C26H24N2O4. The molecule has 4 aromatic rings. The van der Waals surface area contributed by atoms with Crippen LogP contribution in [0.5, 0.6) is 5.75 Å². The largest absolute Gasteiger partial charge is 0.506 e. The van der Waals surface area contributed by atoms with Gasteiger partial charge < -0.3 is 20.2 Å².